The summed E-state index contributed by atoms with van der Waals surface area (Å²) in [4.78, 5) is 15.1. The van der Waals surface area contributed by atoms with Crippen molar-refractivity contribution in [2.45, 2.75) is 38.6 Å². The maximum absolute atomic E-state index is 12.9. The van der Waals surface area contributed by atoms with Gasteiger partial charge in [0.15, 0.2) is 11.5 Å². The summed E-state index contributed by atoms with van der Waals surface area (Å²) in [6.45, 7) is 3.66. The van der Waals surface area contributed by atoms with Gasteiger partial charge in [0.2, 0.25) is 5.91 Å². The molecule has 0 saturated carbocycles. The van der Waals surface area contributed by atoms with Gasteiger partial charge in [0.05, 0.1) is 0 Å². The molecule has 3 heterocycles. The number of hydrogen-bond donors (Lipinski definition) is 1. The average molecular weight is 489 g/mol. The molecule has 5 rings (SSSR count). The monoisotopic (exact) mass is 488 g/mol. The quantitative estimate of drug-likeness (QED) is 0.404. The van der Waals surface area contributed by atoms with Crippen LogP contribution in [0.15, 0.2) is 66.7 Å². The van der Waals surface area contributed by atoms with Crippen molar-refractivity contribution in [1.82, 2.24) is 25.1 Å². The maximum atomic E-state index is 12.9. The van der Waals surface area contributed by atoms with Crippen molar-refractivity contribution in [3.63, 3.8) is 0 Å². The standard InChI is InChI=1S/C27H29ClN6O/c1-19(7-8-20-5-3-2-4-6-20)29-27(35)22-15-17-33(18-16-22)25-14-13-24-30-31-26(34(24)32-25)21-9-11-23(28)12-10-21/h2-6,9-14,19,22H,7-8,15-18H2,1H3,(H,29,35)/t19-/m1/s1. The van der Waals surface area contributed by atoms with Gasteiger partial charge in [-0.1, -0.05) is 41.9 Å². The number of hydrogen-bond acceptors (Lipinski definition) is 5. The highest BCUT2D eigenvalue weighted by atomic mass is 35.5. The minimum Gasteiger partial charge on any atom is -0.355 e. The fourth-order valence-electron chi connectivity index (χ4n) is 4.56. The largest absolute Gasteiger partial charge is 0.355 e. The smallest absolute Gasteiger partial charge is 0.223 e. The number of anilines is 1. The zero-order valence-corrected chi connectivity index (χ0v) is 20.5. The molecule has 4 aromatic rings. The van der Waals surface area contributed by atoms with E-state index in [1.54, 1.807) is 4.52 Å². The Kier molecular flexibility index (Phi) is 6.95. The number of piperidine rings is 1. The van der Waals surface area contributed by atoms with E-state index in [0.29, 0.717) is 16.5 Å². The Labute approximate surface area is 210 Å². The predicted molar refractivity (Wildman–Crippen MR) is 139 cm³/mol. The van der Waals surface area contributed by atoms with Gasteiger partial charge in [-0.2, -0.15) is 4.52 Å². The zero-order chi connectivity index (χ0) is 24.2. The second kappa shape index (κ2) is 10.4. The minimum atomic E-state index is 0.0358. The number of carbonyl (C=O) groups excluding carboxylic acids is 1. The van der Waals surface area contributed by atoms with Crippen molar-refractivity contribution in [3.05, 3.63) is 77.3 Å². The van der Waals surface area contributed by atoms with Gasteiger partial charge in [0.1, 0.15) is 5.82 Å². The van der Waals surface area contributed by atoms with Crippen molar-refractivity contribution >= 4 is 29.0 Å². The van der Waals surface area contributed by atoms with E-state index in [9.17, 15) is 4.79 Å². The molecule has 1 atom stereocenters. The van der Waals surface area contributed by atoms with Gasteiger partial charge < -0.3 is 10.2 Å². The molecule has 180 valence electrons. The van der Waals surface area contributed by atoms with E-state index < -0.39 is 0 Å². The van der Waals surface area contributed by atoms with Crippen LogP contribution >= 0.6 is 11.6 Å². The molecule has 1 fully saturated rings. The van der Waals surface area contributed by atoms with E-state index in [0.717, 1.165) is 50.2 Å². The van der Waals surface area contributed by atoms with E-state index in [2.05, 4.69) is 51.6 Å². The topological polar surface area (TPSA) is 75.4 Å². The molecule has 1 N–H and O–H groups in total. The summed E-state index contributed by atoms with van der Waals surface area (Å²) in [5.41, 5.74) is 2.90. The summed E-state index contributed by atoms with van der Waals surface area (Å²) in [5, 5.41) is 17.3. The van der Waals surface area contributed by atoms with Gasteiger partial charge in [0, 0.05) is 35.6 Å². The normalized spacial score (nSPS) is 15.3. The first-order chi connectivity index (χ1) is 17.1. The van der Waals surface area contributed by atoms with Gasteiger partial charge >= 0.3 is 0 Å². The second-order valence-corrected chi connectivity index (χ2v) is 9.62. The molecular weight excluding hydrogens is 460 g/mol. The van der Waals surface area contributed by atoms with Crippen molar-refractivity contribution in [2.75, 3.05) is 18.0 Å². The number of nitrogens with zero attached hydrogens (tertiary/aromatic N) is 5. The lowest BCUT2D eigenvalue weighted by Crippen LogP contribution is -2.43. The van der Waals surface area contributed by atoms with Crippen LogP contribution in [0.1, 0.15) is 31.7 Å². The lowest BCUT2D eigenvalue weighted by atomic mass is 9.95. The molecular formula is C27H29ClN6O. The van der Waals surface area contributed by atoms with Crippen LogP contribution in [0.5, 0.6) is 0 Å². The molecule has 0 spiro atoms. The molecule has 1 aliphatic rings. The molecule has 0 radical (unpaired) electrons. The third-order valence-electron chi connectivity index (χ3n) is 6.64. The van der Waals surface area contributed by atoms with Crippen LogP contribution < -0.4 is 10.2 Å². The molecule has 0 unspecified atom stereocenters. The van der Waals surface area contributed by atoms with Gasteiger partial charge in [-0.25, -0.2) is 0 Å². The Morgan fingerprint density at radius 3 is 2.51 bits per heavy atom. The van der Waals surface area contributed by atoms with Crippen LogP contribution in [-0.4, -0.2) is 44.8 Å². The van der Waals surface area contributed by atoms with Crippen LogP contribution in [0.2, 0.25) is 5.02 Å². The average Bonchev–Trinajstić information content (AvgIpc) is 3.32. The van der Waals surface area contributed by atoms with E-state index in [4.69, 9.17) is 16.7 Å². The lowest BCUT2D eigenvalue weighted by Gasteiger charge is -2.32. The van der Waals surface area contributed by atoms with Crippen LogP contribution in [0.4, 0.5) is 5.82 Å². The third kappa shape index (κ3) is 5.46. The number of nitrogens with one attached hydrogen (secondary N) is 1. The first-order valence-electron chi connectivity index (χ1n) is 12.1. The minimum absolute atomic E-state index is 0.0358. The number of aryl methyl sites for hydroxylation is 1. The highest BCUT2D eigenvalue weighted by Gasteiger charge is 2.26. The molecule has 1 aliphatic heterocycles. The summed E-state index contributed by atoms with van der Waals surface area (Å²) in [6.07, 6.45) is 3.52. The summed E-state index contributed by atoms with van der Waals surface area (Å²) in [6, 6.07) is 22.0. The lowest BCUT2D eigenvalue weighted by molar-refractivity contribution is -0.126. The van der Waals surface area contributed by atoms with Crippen LogP contribution in [0, 0.1) is 5.92 Å². The molecule has 0 aliphatic carbocycles. The Morgan fingerprint density at radius 2 is 1.77 bits per heavy atom. The van der Waals surface area contributed by atoms with Crippen molar-refractivity contribution in [1.29, 1.82) is 0 Å². The number of benzene rings is 2. The molecule has 7 nitrogen and oxygen atoms in total. The van der Waals surface area contributed by atoms with Crippen molar-refractivity contribution < 1.29 is 4.79 Å². The van der Waals surface area contributed by atoms with E-state index in [1.807, 2.05) is 42.5 Å². The zero-order valence-electron chi connectivity index (χ0n) is 19.8. The van der Waals surface area contributed by atoms with E-state index >= 15 is 0 Å². The number of rotatable bonds is 7. The Balaban J connectivity index is 1.18. The molecule has 1 saturated heterocycles. The van der Waals surface area contributed by atoms with Crippen molar-refractivity contribution in [3.8, 4) is 11.4 Å². The highest BCUT2D eigenvalue weighted by Crippen LogP contribution is 2.25. The van der Waals surface area contributed by atoms with E-state index in [1.165, 1.54) is 5.56 Å². The molecule has 2 aromatic carbocycles. The van der Waals surface area contributed by atoms with Crippen molar-refractivity contribution in [2.24, 2.45) is 5.92 Å². The number of halogens is 1. The molecule has 35 heavy (non-hydrogen) atoms. The van der Waals surface area contributed by atoms with Crippen LogP contribution in [0.25, 0.3) is 17.0 Å². The summed E-state index contributed by atoms with van der Waals surface area (Å²) < 4.78 is 1.77. The number of amides is 1. The Bertz CT molecular complexity index is 1280. The summed E-state index contributed by atoms with van der Waals surface area (Å²) in [5.74, 6) is 1.74. The summed E-state index contributed by atoms with van der Waals surface area (Å²) in [7, 11) is 0. The fraction of sp³-hybridized carbons (Fsp3) is 0.333. The predicted octanol–water partition coefficient (Wildman–Crippen LogP) is 4.80. The molecule has 0 bridgehead atoms. The maximum Gasteiger partial charge on any atom is 0.223 e. The van der Waals surface area contributed by atoms with Gasteiger partial charge in [-0.3, -0.25) is 4.79 Å². The first-order valence-corrected chi connectivity index (χ1v) is 12.5. The van der Waals surface area contributed by atoms with Gasteiger partial charge in [-0.15, -0.1) is 15.3 Å². The van der Waals surface area contributed by atoms with E-state index in [-0.39, 0.29) is 17.9 Å². The molecule has 1 amide bonds. The fourth-order valence-corrected chi connectivity index (χ4v) is 4.68. The van der Waals surface area contributed by atoms with Gasteiger partial charge in [-0.05, 0) is 74.6 Å². The number of fused-ring (bicyclic) bond motifs is 1. The Hall–Kier alpha value is -3.45. The number of aromatic nitrogens is 4. The first kappa shape index (κ1) is 23.3. The van der Waals surface area contributed by atoms with Crippen LogP contribution in [-0.2, 0) is 11.2 Å². The SMILES string of the molecule is C[C@H](CCc1ccccc1)NC(=O)C1CCN(c2ccc3nnc(-c4ccc(Cl)cc4)n3n2)CC1. The number of carbonyl (C=O) groups is 1. The van der Waals surface area contributed by atoms with Gasteiger partial charge in [0.25, 0.3) is 0 Å². The Morgan fingerprint density at radius 1 is 1.03 bits per heavy atom. The molecule has 8 heteroatoms. The second-order valence-electron chi connectivity index (χ2n) is 9.19. The highest BCUT2D eigenvalue weighted by molar-refractivity contribution is 6.30. The summed E-state index contributed by atoms with van der Waals surface area (Å²) >= 11 is 6.03. The molecule has 2 aromatic heterocycles. The van der Waals surface area contributed by atoms with Crippen LogP contribution in [0.3, 0.4) is 0 Å². The third-order valence-corrected chi connectivity index (χ3v) is 6.89.